The van der Waals surface area contributed by atoms with E-state index in [1.165, 1.54) is 6.33 Å². The maximum absolute atomic E-state index is 15.3. The van der Waals surface area contributed by atoms with E-state index in [0.29, 0.717) is 45.5 Å². The summed E-state index contributed by atoms with van der Waals surface area (Å²) in [6.45, 7) is 2.69. The number of likely N-dealkylation sites (N-methyl/N-ethyl adjacent to an activating group) is 1. The van der Waals surface area contributed by atoms with Gasteiger partial charge in [-0.25, -0.2) is 14.4 Å². The monoisotopic (exact) mass is 481 g/mol. The quantitative estimate of drug-likeness (QED) is 0.356. The normalized spacial score (nSPS) is 12.4. The van der Waals surface area contributed by atoms with E-state index >= 15 is 4.39 Å². The summed E-state index contributed by atoms with van der Waals surface area (Å²) in [7, 11) is 12.0. The van der Waals surface area contributed by atoms with Crippen molar-refractivity contribution in [2.75, 3.05) is 26.0 Å². The van der Waals surface area contributed by atoms with Gasteiger partial charge in [0.25, 0.3) is 0 Å². The van der Waals surface area contributed by atoms with Crippen molar-refractivity contribution in [1.29, 1.82) is 0 Å². The topological polar surface area (TPSA) is 81.0 Å². The summed E-state index contributed by atoms with van der Waals surface area (Å²) >= 11 is 0. The molecule has 3 aromatic heterocycles. The van der Waals surface area contributed by atoms with Crippen LogP contribution < -0.4 is 15.6 Å². The largest absolute Gasteiger partial charge is 0.489 e. The Morgan fingerprint density at radius 1 is 1.14 bits per heavy atom. The molecule has 36 heavy (non-hydrogen) atoms. The molecule has 3 heterocycles. The third kappa shape index (κ3) is 4.47. The summed E-state index contributed by atoms with van der Waals surface area (Å²) in [5.41, 5.74) is 3.60. The van der Waals surface area contributed by atoms with Crippen LogP contribution in [0.5, 0.6) is 5.75 Å². The molecule has 180 valence electrons. The van der Waals surface area contributed by atoms with Crippen LogP contribution in [-0.4, -0.2) is 64.2 Å². The molecule has 1 unspecified atom stereocenters. The zero-order valence-corrected chi connectivity index (χ0v) is 20.5. The van der Waals surface area contributed by atoms with Gasteiger partial charge in [-0.3, -0.25) is 9.67 Å². The first kappa shape index (κ1) is 23.7. The van der Waals surface area contributed by atoms with Gasteiger partial charge in [-0.15, -0.1) is 0 Å². The van der Waals surface area contributed by atoms with Crippen molar-refractivity contribution in [1.82, 2.24) is 29.6 Å². The molecule has 2 aromatic carbocycles. The number of pyridine rings is 1. The van der Waals surface area contributed by atoms with Crippen LogP contribution in [-0.2, 0) is 7.05 Å². The Morgan fingerprint density at radius 2 is 1.97 bits per heavy atom. The number of hydrogen-bond donors (Lipinski definition) is 1. The minimum atomic E-state index is -0.407. The van der Waals surface area contributed by atoms with Gasteiger partial charge in [0.15, 0.2) is 5.82 Å². The van der Waals surface area contributed by atoms with Crippen LogP contribution in [0.3, 0.4) is 0 Å². The first-order valence-corrected chi connectivity index (χ1v) is 11.5. The Balaban J connectivity index is 1.65. The summed E-state index contributed by atoms with van der Waals surface area (Å²) in [6, 6.07) is 10.6. The average molecular weight is 481 g/mol. The van der Waals surface area contributed by atoms with Gasteiger partial charge in [0.2, 0.25) is 0 Å². The lowest BCUT2D eigenvalue weighted by molar-refractivity contribution is 0.179. The number of ether oxygens (including phenoxy) is 1. The average Bonchev–Trinajstić information content (AvgIpc) is 3.18. The Bertz CT molecular complexity index is 1570. The Kier molecular flexibility index (Phi) is 6.28. The standard InChI is InChI=1S/C26H25BFN7O/c1-15(13-34(2)3)36-22-11-16(18-12-32-35(4)25(18)27)10-21-23(22)26(31-14-30-21)33-20-8-7-19-17(24(20)28)6-5-9-29-19/h5-12,14-15H,13H2,1-4H3,(H,30,31,33). The molecular weight excluding hydrogens is 456 g/mol. The SMILES string of the molecule is [B]c1c(-c2cc(OC(C)CN(C)C)c3c(Nc4ccc5ncccc5c4F)ncnc3c2)cnn1C. The van der Waals surface area contributed by atoms with Crippen LogP contribution in [0, 0.1) is 5.82 Å². The summed E-state index contributed by atoms with van der Waals surface area (Å²) in [6.07, 6.45) is 4.65. The fourth-order valence-electron chi connectivity index (χ4n) is 4.28. The lowest BCUT2D eigenvalue weighted by atomic mass is 9.94. The predicted octanol–water partition coefficient (Wildman–Crippen LogP) is 3.58. The molecule has 0 bridgehead atoms. The van der Waals surface area contributed by atoms with E-state index in [-0.39, 0.29) is 11.8 Å². The molecule has 5 rings (SSSR count). The lowest BCUT2D eigenvalue weighted by Gasteiger charge is -2.21. The van der Waals surface area contributed by atoms with E-state index in [0.717, 1.165) is 11.1 Å². The van der Waals surface area contributed by atoms with Gasteiger partial charge >= 0.3 is 0 Å². The molecule has 0 spiro atoms. The van der Waals surface area contributed by atoms with Gasteiger partial charge in [0.05, 0.1) is 28.3 Å². The van der Waals surface area contributed by atoms with Crippen molar-refractivity contribution in [2.45, 2.75) is 13.0 Å². The minimum absolute atomic E-state index is 0.138. The van der Waals surface area contributed by atoms with Gasteiger partial charge in [0, 0.05) is 30.7 Å². The molecule has 0 amide bonds. The number of nitrogens with one attached hydrogen (secondary N) is 1. The van der Waals surface area contributed by atoms with Crippen molar-refractivity contribution >= 4 is 46.8 Å². The fraction of sp³-hybridized carbons (Fsp3) is 0.231. The number of fused-ring (bicyclic) bond motifs is 2. The fourth-order valence-corrected chi connectivity index (χ4v) is 4.28. The van der Waals surface area contributed by atoms with Gasteiger partial charge in [0.1, 0.15) is 31.8 Å². The van der Waals surface area contributed by atoms with Crippen molar-refractivity contribution in [3.63, 3.8) is 0 Å². The number of hydrogen-bond acceptors (Lipinski definition) is 7. The van der Waals surface area contributed by atoms with E-state index in [2.05, 4.69) is 25.4 Å². The lowest BCUT2D eigenvalue weighted by Crippen LogP contribution is -2.28. The Hall–Kier alpha value is -4.05. The van der Waals surface area contributed by atoms with Crippen molar-refractivity contribution in [3.8, 4) is 16.9 Å². The van der Waals surface area contributed by atoms with Gasteiger partial charge in [-0.1, -0.05) is 0 Å². The first-order chi connectivity index (χ1) is 17.3. The zero-order chi connectivity index (χ0) is 25.4. The molecule has 0 fully saturated rings. The minimum Gasteiger partial charge on any atom is -0.489 e. The van der Waals surface area contributed by atoms with E-state index in [1.807, 2.05) is 38.1 Å². The number of nitrogens with zero attached hydrogens (tertiary/aromatic N) is 6. The van der Waals surface area contributed by atoms with Crippen molar-refractivity contribution < 1.29 is 9.13 Å². The molecule has 0 saturated heterocycles. The highest BCUT2D eigenvalue weighted by molar-refractivity contribution is 6.34. The molecule has 5 aromatic rings. The predicted molar refractivity (Wildman–Crippen MR) is 141 cm³/mol. The Morgan fingerprint density at radius 3 is 2.72 bits per heavy atom. The number of rotatable bonds is 7. The number of halogens is 1. The van der Waals surface area contributed by atoms with Crippen LogP contribution >= 0.6 is 0 Å². The summed E-state index contributed by atoms with van der Waals surface area (Å²) in [5, 5.41) is 8.48. The molecule has 1 N–H and O–H groups in total. The maximum atomic E-state index is 15.3. The van der Waals surface area contributed by atoms with Crippen LogP contribution in [0.2, 0.25) is 0 Å². The highest BCUT2D eigenvalue weighted by Crippen LogP contribution is 2.37. The molecule has 1 atom stereocenters. The summed E-state index contributed by atoms with van der Waals surface area (Å²) in [5.74, 6) is 0.585. The van der Waals surface area contributed by atoms with Crippen LogP contribution in [0.25, 0.3) is 32.9 Å². The van der Waals surface area contributed by atoms with Gasteiger partial charge in [-0.2, -0.15) is 5.10 Å². The number of benzene rings is 2. The van der Waals surface area contributed by atoms with E-state index < -0.39 is 5.82 Å². The van der Waals surface area contributed by atoms with Crippen LogP contribution in [0.15, 0.2) is 55.1 Å². The third-order valence-electron chi connectivity index (χ3n) is 5.92. The second kappa shape index (κ2) is 9.54. The smallest absolute Gasteiger partial charge is 0.156 e. The first-order valence-electron chi connectivity index (χ1n) is 11.5. The zero-order valence-electron chi connectivity index (χ0n) is 20.5. The van der Waals surface area contributed by atoms with Crippen LogP contribution in [0.4, 0.5) is 15.9 Å². The van der Waals surface area contributed by atoms with E-state index in [4.69, 9.17) is 12.6 Å². The molecule has 0 aliphatic rings. The van der Waals surface area contributed by atoms with Crippen molar-refractivity contribution in [2.24, 2.45) is 7.05 Å². The summed E-state index contributed by atoms with van der Waals surface area (Å²) < 4.78 is 23.3. The molecule has 2 radical (unpaired) electrons. The molecule has 0 aliphatic carbocycles. The molecule has 0 aliphatic heterocycles. The maximum Gasteiger partial charge on any atom is 0.156 e. The number of aromatic nitrogens is 5. The molecule has 10 heteroatoms. The second-order valence-corrected chi connectivity index (χ2v) is 8.97. The molecule has 0 saturated carbocycles. The van der Waals surface area contributed by atoms with Crippen molar-refractivity contribution in [3.05, 3.63) is 60.9 Å². The number of anilines is 2. The Labute approximate surface area is 209 Å². The van der Waals surface area contributed by atoms with Gasteiger partial charge in [-0.05, 0) is 68.6 Å². The number of aryl methyl sites for hydroxylation is 1. The third-order valence-corrected chi connectivity index (χ3v) is 5.92. The highest BCUT2D eigenvalue weighted by atomic mass is 19.1. The highest BCUT2D eigenvalue weighted by Gasteiger charge is 2.19. The molecular formula is C26H25BFN7O. The van der Waals surface area contributed by atoms with Gasteiger partial charge < -0.3 is 15.0 Å². The van der Waals surface area contributed by atoms with E-state index in [9.17, 15) is 0 Å². The van der Waals surface area contributed by atoms with E-state index in [1.54, 1.807) is 48.4 Å². The van der Waals surface area contributed by atoms with Crippen LogP contribution in [0.1, 0.15) is 6.92 Å². The second-order valence-electron chi connectivity index (χ2n) is 8.97. The molecule has 8 nitrogen and oxygen atoms in total. The summed E-state index contributed by atoms with van der Waals surface area (Å²) in [4.78, 5) is 15.2.